The molecule has 0 aliphatic rings. The number of hydrogen-bond donors (Lipinski definition) is 0. The van der Waals surface area contributed by atoms with Gasteiger partial charge < -0.3 is 4.74 Å². The average Bonchev–Trinajstić information content (AvgIpc) is 2.65. The minimum Gasteiger partial charge on any atom is -0.464 e. The van der Waals surface area contributed by atoms with Crippen molar-refractivity contribution in [1.29, 1.82) is 5.26 Å². The molecule has 1 heterocycles. The Morgan fingerprint density at radius 1 is 1.12 bits per heavy atom. The van der Waals surface area contributed by atoms with Crippen LogP contribution in [0, 0.1) is 11.3 Å². The van der Waals surface area contributed by atoms with Gasteiger partial charge in [-0.15, -0.1) is 0 Å². The Balaban J connectivity index is 1.89. The second kappa shape index (κ2) is 10.7. The van der Waals surface area contributed by atoms with Crippen LogP contribution in [0.3, 0.4) is 0 Å². The van der Waals surface area contributed by atoms with E-state index in [0.29, 0.717) is 17.6 Å². The highest BCUT2D eigenvalue weighted by Gasteiger charge is 2.27. The van der Waals surface area contributed by atoms with Crippen molar-refractivity contribution >= 4 is 28.6 Å². The Bertz CT molecular complexity index is 773. The minimum atomic E-state index is -1.16. The minimum absolute atomic E-state index is 0.0584. The lowest BCUT2D eigenvalue weighted by molar-refractivity contribution is -0.144. The number of aromatic nitrogens is 2. The third-order valence-corrected chi connectivity index (χ3v) is 4.46. The number of nitriles is 1. The first-order valence-electron chi connectivity index (χ1n) is 9.15. The zero-order valence-electron chi connectivity index (χ0n) is 15.1. The number of fused-ring (bicyclic) bond motifs is 1. The largest absolute Gasteiger partial charge is 0.464 e. The van der Waals surface area contributed by atoms with Gasteiger partial charge >= 0.3 is 5.97 Å². The van der Waals surface area contributed by atoms with Crippen LogP contribution in [0.1, 0.15) is 63.5 Å². The monoisotopic (exact) mass is 373 g/mol. The summed E-state index contributed by atoms with van der Waals surface area (Å²) in [6.45, 7) is 2.50. The summed E-state index contributed by atoms with van der Waals surface area (Å²) < 4.78 is 5.26. The summed E-state index contributed by atoms with van der Waals surface area (Å²) in [7, 11) is 0. The maximum absolute atomic E-state index is 12.3. The molecule has 0 saturated carbocycles. The second-order valence-electron chi connectivity index (χ2n) is 6.24. The molecule has 1 aromatic carbocycles. The molecule has 2 rings (SSSR count). The number of benzene rings is 1. The molecule has 0 aliphatic carbocycles. The lowest BCUT2D eigenvalue weighted by Gasteiger charge is -2.11. The van der Waals surface area contributed by atoms with Gasteiger partial charge in [0.2, 0.25) is 0 Å². The van der Waals surface area contributed by atoms with Crippen LogP contribution in [-0.2, 0) is 9.53 Å². The molecule has 5 nitrogen and oxygen atoms in total. The van der Waals surface area contributed by atoms with E-state index in [1.165, 1.54) is 25.7 Å². The van der Waals surface area contributed by atoms with Crippen molar-refractivity contribution in [3.05, 3.63) is 35.1 Å². The third kappa shape index (κ3) is 5.67. The number of para-hydroxylation sites is 2. The zero-order chi connectivity index (χ0) is 18.8. The van der Waals surface area contributed by atoms with E-state index in [0.717, 1.165) is 19.3 Å². The predicted molar refractivity (Wildman–Crippen MR) is 102 cm³/mol. The summed E-state index contributed by atoms with van der Waals surface area (Å²) in [6, 6.07) is 9.12. The van der Waals surface area contributed by atoms with Gasteiger partial charge in [-0.25, -0.2) is 9.97 Å². The van der Waals surface area contributed by atoms with Gasteiger partial charge in [-0.05, 0) is 18.6 Å². The molecule has 2 aromatic rings. The fraction of sp³-hybridized carbons (Fsp3) is 0.500. The smallest absolute Gasteiger partial charge is 0.329 e. The van der Waals surface area contributed by atoms with Crippen LogP contribution in [0.25, 0.3) is 11.0 Å². The van der Waals surface area contributed by atoms with Crippen molar-refractivity contribution in [2.45, 2.75) is 57.8 Å². The van der Waals surface area contributed by atoms with E-state index in [-0.39, 0.29) is 10.8 Å². The normalized spacial score (nSPS) is 11.9. The number of carbonyl (C=O) groups is 1. The average molecular weight is 374 g/mol. The molecule has 0 saturated heterocycles. The van der Waals surface area contributed by atoms with Crippen LogP contribution in [0.15, 0.2) is 24.3 Å². The topological polar surface area (TPSA) is 75.9 Å². The van der Waals surface area contributed by atoms with Gasteiger partial charge in [-0.2, -0.15) is 5.26 Å². The summed E-state index contributed by atoms with van der Waals surface area (Å²) in [6.07, 6.45) is 7.93. The molecule has 0 bridgehead atoms. The molecule has 0 N–H and O–H groups in total. The van der Waals surface area contributed by atoms with Crippen molar-refractivity contribution in [2.75, 3.05) is 6.61 Å². The van der Waals surface area contributed by atoms with Crippen molar-refractivity contribution in [3.63, 3.8) is 0 Å². The number of rotatable bonds is 10. The fourth-order valence-corrected chi connectivity index (χ4v) is 2.96. The van der Waals surface area contributed by atoms with Crippen molar-refractivity contribution in [1.82, 2.24) is 9.97 Å². The van der Waals surface area contributed by atoms with Crippen molar-refractivity contribution in [2.24, 2.45) is 0 Å². The summed E-state index contributed by atoms with van der Waals surface area (Å²) in [5.74, 6) is -1.78. The van der Waals surface area contributed by atoms with E-state index in [1.807, 2.05) is 18.2 Å². The third-order valence-electron chi connectivity index (χ3n) is 4.18. The molecule has 0 spiro atoms. The molecule has 0 aliphatic heterocycles. The van der Waals surface area contributed by atoms with E-state index in [1.54, 1.807) is 12.1 Å². The number of ether oxygens (including phenoxy) is 1. The first-order chi connectivity index (χ1) is 12.7. The van der Waals surface area contributed by atoms with Gasteiger partial charge in [-0.3, -0.25) is 4.79 Å². The highest BCUT2D eigenvalue weighted by molar-refractivity contribution is 6.30. The maximum Gasteiger partial charge on any atom is 0.329 e. The fourth-order valence-electron chi connectivity index (χ4n) is 2.72. The van der Waals surface area contributed by atoms with Crippen molar-refractivity contribution in [3.8, 4) is 6.07 Å². The number of halogens is 1. The highest BCUT2D eigenvalue weighted by Crippen LogP contribution is 2.24. The van der Waals surface area contributed by atoms with Crippen LogP contribution in [0.5, 0.6) is 0 Å². The summed E-state index contributed by atoms with van der Waals surface area (Å²) >= 11 is 6.13. The lowest BCUT2D eigenvalue weighted by atomic mass is 10.1. The van der Waals surface area contributed by atoms with Crippen LogP contribution >= 0.6 is 11.6 Å². The number of carbonyl (C=O) groups excluding carboxylic acids is 1. The number of nitrogens with zero attached hydrogens (tertiary/aromatic N) is 3. The molecule has 1 atom stereocenters. The second-order valence-corrected chi connectivity index (χ2v) is 6.60. The molecule has 0 radical (unpaired) electrons. The van der Waals surface area contributed by atoms with Crippen LogP contribution < -0.4 is 0 Å². The molecular formula is C20H24ClN3O2. The van der Waals surface area contributed by atoms with E-state index in [2.05, 4.69) is 16.9 Å². The lowest BCUT2D eigenvalue weighted by Crippen LogP contribution is -2.17. The van der Waals surface area contributed by atoms with Gasteiger partial charge in [0.15, 0.2) is 11.1 Å². The van der Waals surface area contributed by atoms with E-state index in [4.69, 9.17) is 16.3 Å². The summed E-state index contributed by atoms with van der Waals surface area (Å²) in [5.41, 5.74) is 1.36. The molecule has 26 heavy (non-hydrogen) atoms. The van der Waals surface area contributed by atoms with Gasteiger partial charge in [0, 0.05) is 0 Å². The maximum atomic E-state index is 12.3. The Labute approximate surface area is 159 Å². The zero-order valence-corrected chi connectivity index (χ0v) is 15.8. The first kappa shape index (κ1) is 20.1. The van der Waals surface area contributed by atoms with Crippen LogP contribution in [0.4, 0.5) is 0 Å². The van der Waals surface area contributed by atoms with Crippen LogP contribution in [-0.4, -0.2) is 22.5 Å². The Morgan fingerprint density at radius 3 is 2.38 bits per heavy atom. The van der Waals surface area contributed by atoms with Gasteiger partial charge in [0.25, 0.3) is 0 Å². The van der Waals surface area contributed by atoms with Gasteiger partial charge in [0.1, 0.15) is 5.69 Å². The molecule has 0 unspecified atom stereocenters. The standard InChI is InChI=1S/C20H24ClN3O2/c1-2-3-4-5-6-7-10-13-26-20(25)15(14-22)18-19(21)24-17-12-9-8-11-16(17)23-18/h8-9,11-12,15H,2-7,10,13H2,1H3/t15-/m0/s1. The number of esters is 1. The summed E-state index contributed by atoms with van der Waals surface area (Å²) in [4.78, 5) is 20.8. The number of hydrogen-bond acceptors (Lipinski definition) is 5. The van der Waals surface area contributed by atoms with Crippen molar-refractivity contribution < 1.29 is 9.53 Å². The molecule has 6 heteroatoms. The van der Waals surface area contributed by atoms with E-state index < -0.39 is 11.9 Å². The molecule has 0 fully saturated rings. The predicted octanol–water partition coefficient (Wildman–Crippen LogP) is 5.18. The first-order valence-corrected chi connectivity index (χ1v) is 9.53. The quantitative estimate of drug-likeness (QED) is 0.423. The highest BCUT2D eigenvalue weighted by atomic mass is 35.5. The van der Waals surface area contributed by atoms with Gasteiger partial charge in [-0.1, -0.05) is 69.2 Å². The summed E-state index contributed by atoms with van der Waals surface area (Å²) in [5, 5.41) is 9.45. The molecular weight excluding hydrogens is 350 g/mol. The Morgan fingerprint density at radius 2 is 1.73 bits per heavy atom. The number of unbranched alkanes of at least 4 members (excludes halogenated alkanes) is 6. The molecule has 138 valence electrons. The van der Waals surface area contributed by atoms with Gasteiger partial charge in [0.05, 0.1) is 23.7 Å². The molecule has 1 aromatic heterocycles. The van der Waals surface area contributed by atoms with E-state index in [9.17, 15) is 10.1 Å². The Kier molecular flexibility index (Phi) is 8.30. The van der Waals surface area contributed by atoms with Crippen LogP contribution in [0.2, 0.25) is 5.15 Å². The molecule has 0 amide bonds. The SMILES string of the molecule is CCCCCCCCCOC(=O)[C@@H](C#N)c1nc2ccccc2nc1Cl. The van der Waals surface area contributed by atoms with E-state index >= 15 is 0 Å². The Hall–Kier alpha value is -2.19.